The van der Waals surface area contributed by atoms with E-state index in [2.05, 4.69) is 59.4 Å². The maximum Gasteiger partial charge on any atom is 0.127 e. The zero-order valence-electron chi connectivity index (χ0n) is 14.9. The second-order valence-corrected chi connectivity index (χ2v) is 8.04. The molecule has 0 aliphatic heterocycles. The smallest absolute Gasteiger partial charge is 0.127 e. The fourth-order valence-corrected chi connectivity index (χ4v) is 3.21. The number of halogens is 1. The number of hydrogen-bond donors (Lipinski definition) is 0. The molecule has 0 unspecified atom stereocenters. The van der Waals surface area contributed by atoms with Crippen LogP contribution < -0.4 is 4.74 Å². The van der Waals surface area contributed by atoms with Crippen molar-refractivity contribution >= 4 is 11.6 Å². The lowest BCUT2D eigenvalue weighted by molar-refractivity contribution is 0.341. The Morgan fingerprint density at radius 3 is 2.35 bits per heavy atom. The fraction of sp³-hybridized carbons (Fsp3) is 0.429. The predicted molar refractivity (Wildman–Crippen MR) is 101 cm³/mol. The largest absolute Gasteiger partial charge is 0.489 e. The zero-order chi connectivity index (χ0) is 17.3. The minimum atomic E-state index is -0.158. The van der Waals surface area contributed by atoms with Crippen LogP contribution in [0.4, 0.5) is 0 Å². The SMILES string of the molecule is C=CCOc1c(C(C)(C)C)cc(Cl)cc1C(C)(C)C1=CCC=C1. The van der Waals surface area contributed by atoms with Crippen molar-refractivity contribution in [3.05, 3.63) is 64.7 Å². The molecule has 2 heteroatoms. The number of ether oxygens (including phenoxy) is 1. The van der Waals surface area contributed by atoms with E-state index in [-0.39, 0.29) is 10.8 Å². The summed E-state index contributed by atoms with van der Waals surface area (Å²) in [6.07, 6.45) is 9.45. The van der Waals surface area contributed by atoms with Gasteiger partial charge in [-0.1, -0.05) is 77.1 Å². The third kappa shape index (κ3) is 3.72. The van der Waals surface area contributed by atoms with Gasteiger partial charge in [-0.3, -0.25) is 0 Å². The van der Waals surface area contributed by atoms with Crippen molar-refractivity contribution in [2.45, 2.75) is 51.9 Å². The first kappa shape index (κ1) is 17.9. The van der Waals surface area contributed by atoms with Crippen molar-refractivity contribution in [1.29, 1.82) is 0 Å². The summed E-state index contributed by atoms with van der Waals surface area (Å²) in [6.45, 7) is 15.3. The molecule has 0 amide bonds. The number of rotatable bonds is 5. The van der Waals surface area contributed by atoms with Gasteiger partial charge < -0.3 is 4.74 Å². The standard InChI is InChI=1S/C21H27ClO/c1-7-12-23-19-17(20(2,3)4)13-16(22)14-18(19)21(5,6)15-10-8-9-11-15/h7-8,10-11,13-14H,1,9,12H2,2-6H3. The van der Waals surface area contributed by atoms with Crippen molar-refractivity contribution in [3.8, 4) is 5.75 Å². The van der Waals surface area contributed by atoms with E-state index in [9.17, 15) is 0 Å². The molecule has 1 aromatic carbocycles. The molecule has 0 N–H and O–H groups in total. The zero-order valence-corrected chi connectivity index (χ0v) is 15.6. The Morgan fingerprint density at radius 2 is 1.83 bits per heavy atom. The minimum absolute atomic E-state index is 0.0495. The van der Waals surface area contributed by atoms with E-state index in [0.29, 0.717) is 6.61 Å². The van der Waals surface area contributed by atoms with Crippen molar-refractivity contribution in [1.82, 2.24) is 0 Å². The molecule has 0 bridgehead atoms. The predicted octanol–water partition coefficient (Wildman–Crippen LogP) is 6.37. The molecule has 2 rings (SSSR count). The van der Waals surface area contributed by atoms with Gasteiger partial charge in [0.1, 0.15) is 12.4 Å². The Hall–Kier alpha value is -1.47. The fourth-order valence-electron chi connectivity index (χ4n) is 2.99. The summed E-state index contributed by atoms with van der Waals surface area (Å²) < 4.78 is 6.12. The number of allylic oxidation sites excluding steroid dienone is 4. The minimum Gasteiger partial charge on any atom is -0.489 e. The molecule has 0 radical (unpaired) electrons. The van der Waals surface area contributed by atoms with Crippen LogP contribution in [0, 0.1) is 0 Å². The molecule has 124 valence electrons. The van der Waals surface area contributed by atoms with Crippen LogP contribution in [-0.2, 0) is 10.8 Å². The lowest BCUT2D eigenvalue weighted by Crippen LogP contribution is -2.23. The van der Waals surface area contributed by atoms with Gasteiger partial charge in [0.05, 0.1) is 0 Å². The summed E-state index contributed by atoms with van der Waals surface area (Å²) in [4.78, 5) is 0. The van der Waals surface area contributed by atoms with Gasteiger partial charge in [-0.2, -0.15) is 0 Å². The number of hydrogen-bond acceptors (Lipinski definition) is 1. The van der Waals surface area contributed by atoms with Gasteiger partial charge in [-0.15, -0.1) is 0 Å². The van der Waals surface area contributed by atoms with E-state index in [1.807, 2.05) is 12.1 Å². The summed E-state index contributed by atoms with van der Waals surface area (Å²) in [7, 11) is 0. The van der Waals surface area contributed by atoms with Crippen LogP contribution in [0.5, 0.6) is 5.75 Å². The molecule has 1 nitrogen and oxygen atoms in total. The first-order valence-electron chi connectivity index (χ1n) is 8.13. The lowest BCUT2D eigenvalue weighted by atomic mass is 9.74. The van der Waals surface area contributed by atoms with E-state index in [0.717, 1.165) is 28.3 Å². The summed E-state index contributed by atoms with van der Waals surface area (Å²) in [5, 5.41) is 0.756. The Kier molecular flexibility index (Phi) is 5.10. The molecule has 1 aliphatic carbocycles. The monoisotopic (exact) mass is 330 g/mol. The molecule has 0 fully saturated rings. The average molecular weight is 331 g/mol. The van der Waals surface area contributed by atoms with Crippen LogP contribution in [0.25, 0.3) is 0 Å². The molecule has 0 saturated heterocycles. The van der Waals surface area contributed by atoms with Gasteiger partial charge in [-0.05, 0) is 29.5 Å². The van der Waals surface area contributed by atoms with Crippen molar-refractivity contribution in [2.75, 3.05) is 6.61 Å². The van der Waals surface area contributed by atoms with Gasteiger partial charge in [0.15, 0.2) is 0 Å². The third-order valence-electron chi connectivity index (χ3n) is 4.37. The normalized spacial score (nSPS) is 14.8. The van der Waals surface area contributed by atoms with Crippen LogP contribution >= 0.6 is 11.6 Å². The van der Waals surface area contributed by atoms with E-state index in [4.69, 9.17) is 16.3 Å². The molecule has 0 heterocycles. The third-order valence-corrected chi connectivity index (χ3v) is 4.59. The average Bonchev–Trinajstić information content (AvgIpc) is 2.99. The Morgan fingerprint density at radius 1 is 1.17 bits per heavy atom. The maximum absolute atomic E-state index is 6.46. The van der Waals surface area contributed by atoms with E-state index in [1.165, 1.54) is 5.57 Å². The molecule has 0 saturated carbocycles. The topological polar surface area (TPSA) is 9.23 Å². The highest BCUT2D eigenvalue weighted by atomic mass is 35.5. The molecule has 0 spiro atoms. The Bertz CT molecular complexity index is 657. The molecule has 0 aromatic heterocycles. The maximum atomic E-state index is 6.46. The van der Waals surface area contributed by atoms with Gasteiger partial charge in [0.2, 0.25) is 0 Å². The summed E-state index contributed by atoms with van der Waals surface area (Å²) >= 11 is 6.46. The van der Waals surface area contributed by atoms with Gasteiger partial charge in [0.25, 0.3) is 0 Å². The molecular formula is C21H27ClO. The quantitative estimate of drug-likeness (QED) is 0.570. The van der Waals surface area contributed by atoms with Gasteiger partial charge in [0, 0.05) is 21.6 Å². The van der Waals surface area contributed by atoms with E-state index < -0.39 is 0 Å². The highest BCUT2D eigenvalue weighted by molar-refractivity contribution is 6.30. The van der Waals surface area contributed by atoms with E-state index >= 15 is 0 Å². The van der Waals surface area contributed by atoms with Crippen LogP contribution in [0.1, 0.15) is 52.2 Å². The van der Waals surface area contributed by atoms with Crippen LogP contribution in [0.15, 0.2) is 48.6 Å². The molecular weight excluding hydrogens is 304 g/mol. The Balaban J connectivity index is 2.68. The molecule has 1 aromatic rings. The second-order valence-electron chi connectivity index (χ2n) is 7.60. The van der Waals surface area contributed by atoms with Crippen LogP contribution in [0.3, 0.4) is 0 Å². The van der Waals surface area contributed by atoms with Crippen molar-refractivity contribution in [2.24, 2.45) is 0 Å². The highest BCUT2D eigenvalue weighted by Crippen LogP contribution is 2.45. The lowest BCUT2D eigenvalue weighted by Gasteiger charge is -2.32. The molecule has 23 heavy (non-hydrogen) atoms. The summed E-state index contributed by atoms with van der Waals surface area (Å²) in [6, 6.07) is 4.07. The first-order chi connectivity index (χ1) is 10.7. The molecule has 0 atom stereocenters. The molecule has 1 aliphatic rings. The first-order valence-corrected chi connectivity index (χ1v) is 8.51. The van der Waals surface area contributed by atoms with Crippen molar-refractivity contribution < 1.29 is 4.74 Å². The van der Waals surface area contributed by atoms with Gasteiger partial charge >= 0.3 is 0 Å². The highest BCUT2D eigenvalue weighted by Gasteiger charge is 2.32. The van der Waals surface area contributed by atoms with Crippen molar-refractivity contribution in [3.63, 3.8) is 0 Å². The van der Waals surface area contributed by atoms with Gasteiger partial charge in [-0.25, -0.2) is 0 Å². The summed E-state index contributed by atoms with van der Waals surface area (Å²) in [5.74, 6) is 0.938. The number of benzene rings is 1. The van der Waals surface area contributed by atoms with Crippen LogP contribution in [-0.4, -0.2) is 6.61 Å². The Labute approximate surface area is 145 Å². The van der Waals surface area contributed by atoms with E-state index in [1.54, 1.807) is 6.08 Å². The second kappa shape index (κ2) is 6.57. The summed E-state index contributed by atoms with van der Waals surface area (Å²) in [5.41, 5.74) is 3.37. The van der Waals surface area contributed by atoms with Crippen LogP contribution in [0.2, 0.25) is 5.02 Å².